The van der Waals surface area contributed by atoms with Crippen LogP contribution in [-0.4, -0.2) is 24.8 Å². The van der Waals surface area contributed by atoms with Gasteiger partial charge in [0.2, 0.25) is 5.91 Å². The summed E-state index contributed by atoms with van der Waals surface area (Å²) in [5.41, 5.74) is 14.9. The maximum Gasteiger partial charge on any atom is 0.429 e. The summed E-state index contributed by atoms with van der Waals surface area (Å²) in [5, 5.41) is 0. The highest BCUT2D eigenvalue weighted by Crippen LogP contribution is 2.03. The highest BCUT2D eigenvalue weighted by atomic mass is 16.5. The van der Waals surface area contributed by atoms with Gasteiger partial charge in [-0.25, -0.2) is 0 Å². The predicted octanol–water partition coefficient (Wildman–Crippen LogP) is 0.545. The topological polar surface area (TPSA) is 95.4 Å². The zero-order valence-electron chi connectivity index (χ0n) is 14.6. The number of hydrogen-bond acceptors (Lipinski definition) is 4. The molecule has 2 aromatic carbocycles. The Bertz CT molecular complexity index is 684. The second kappa shape index (κ2) is 8.49. The van der Waals surface area contributed by atoms with Crippen LogP contribution < -0.4 is 22.4 Å². The second-order valence-electron chi connectivity index (χ2n) is 6.25. The Labute approximate surface area is 148 Å². The number of benzene rings is 2. The molecular weight excluding hydrogens is 315 g/mol. The molecular formula is C19H23BN2O3. The molecule has 0 fully saturated rings. The summed E-state index contributed by atoms with van der Waals surface area (Å²) in [5.74, 6) is -1.04. The summed E-state index contributed by atoms with van der Waals surface area (Å²) in [7, 11) is 0. The van der Waals surface area contributed by atoms with Gasteiger partial charge < -0.3 is 16.1 Å². The van der Waals surface area contributed by atoms with E-state index in [0.29, 0.717) is 0 Å². The molecule has 0 saturated heterocycles. The average molecular weight is 338 g/mol. The first-order valence-electron chi connectivity index (χ1n) is 8.24. The van der Waals surface area contributed by atoms with Gasteiger partial charge in [-0.3, -0.25) is 9.59 Å². The van der Waals surface area contributed by atoms with Crippen LogP contribution in [0.15, 0.2) is 48.5 Å². The molecule has 0 aromatic heterocycles. The number of nitrogens with two attached hydrogens (primary N) is 2. The van der Waals surface area contributed by atoms with Gasteiger partial charge in [0.15, 0.2) is 0 Å². The van der Waals surface area contributed by atoms with E-state index in [-0.39, 0.29) is 12.8 Å². The van der Waals surface area contributed by atoms with Gasteiger partial charge in [0.25, 0.3) is 0 Å². The van der Waals surface area contributed by atoms with E-state index in [4.69, 9.17) is 16.1 Å². The molecule has 2 rings (SSSR count). The van der Waals surface area contributed by atoms with Gasteiger partial charge in [-0.2, -0.15) is 0 Å². The number of carbonyl (C=O) groups is 2. The molecule has 0 radical (unpaired) electrons. The summed E-state index contributed by atoms with van der Waals surface area (Å²) in [4.78, 5) is 23.2. The van der Waals surface area contributed by atoms with Crippen LogP contribution in [0.3, 0.4) is 0 Å². The van der Waals surface area contributed by atoms with E-state index < -0.39 is 24.8 Å². The van der Waals surface area contributed by atoms with Crippen molar-refractivity contribution >= 4 is 29.7 Å². The Morgan fingerprint density at radius 1 is 0.960 bits per heavy atom. The van der Waals surface area contributed by atoms with Crippen LogP contribution in [0.1, 0.15) is 24.0 Å². The molecule has 1 atom stereocenters. The first kappa shape index (κ1) is 18.7. The fourth-order valence-electron chi connectivity index (χ4n) is 2.43. The summed E-state index contributed by atoms with van der Waals surface area (Å²) >= 11 is 0. The zero-order valence-corrected chi connectivity index (χ0v) is 14.6. The third-order valence-corrected chi connectivity index (χ3v) is 4.00. The van der Waals surface area contributed by atoms with Crippen LogP contribution >= 0.6 is 0 Å². The highest BCUT2D eigenvalue weighted by molar-refractivity contribution is 6.81. The molecule has 1 amide bonds. The summed E-state index contributed by atoms with van der Waals surface area (Å²) in [6, 6.07) is 14.7. The minimum atomic E-state index is -0.883. The number of primary amides is 1. The van der Waals surface area contributed by atoms with Crippen molar-refractivity contribution in [2.75, 3.05) is 0 Å². The van der Waals surface area contributed by atoms with Gasteiger partial charge in [-0.15, -0.1) is 0 Å². The number of carbonyl (C=O) groups excluding carboxylic acids is 2. The van der Waals surface area contributed by atoms with Crippen LogP contribution in [0.25, 0.3) is 0 Å². The van der Waals surface area contributed by atoms with E-state index in [9.17, 15) is 9.59 Å². The maximum atomic E-state index is 12.3. The van der Waals surface area contributed by atoms with Gasteiger partial charge in [0, 0.05) is 6.42 Å². The Kier molecular flexibility index (Phi) is 6.36. The summed E-state index contributed by atoms with van der Waals surface area (Å²) < 4.78 is 5.68. The number of hydrogen-bond donors (Lipinski definition) is 2. The molecule has 0 heterocycles. The van der Waals surface area contributed by atoms with Crippen molar-refractivity contribution in [3.8, 4) is 0 Å². The molecule has 0 saturated carbocycles. The zero-order chi connectivity index (χ0) is 18.4. The fraction of sp³-hybridized carbons (Fsp3) is 0.263. The van der Waals surface area contributed by atoms with Crippen LogP contribution in [0.5, 0.6) is 0 Å². The third kappa shape index (κ3) is 5.46. The van der Waals surface area contributed by atoms with Gasteiger partial charge in [-0.1, -0.05) is 59.7 Å². The lowest BCUT2D eigenvalue weighted by Crippen LogP contribution is -2.49. The van der Waals surface area contributed by atoms with Crippen LogP contribution in [0, 0.1) is 13.8 Å². The average Bonchev–Trinajstić information content (AvgIpc) is 2.59. The Hall–Kier alpha value is -2.60. The second-order valence-corrected chi connectivity index (χ2v) is 6.25. The lowest BCUT2D eigenvalue weighted by Gasteiger charge is -2.18. The lowest BCUT2D eigenvalue weighted by atomic mass is 9.55. The number of rotatable bonds is 7. The minimum absolute atomic E-state index is 0.0516. The molecule has 2 aromatic rings. The normalized spacial score (nSPS) is 11.6. The van der Waals surface area contributed by atoms with E-state index in [1.54, 1.807) is 0 Å². The van der Waals surface area contributed by atoms with Gasteiger partial charge in [-0.05, 0) is 31.2 Å². The summed E-state index contributed by atoms with van der Waals surface area (Å²) in [6.07, 6.45) is 0.221. The maximum absolute atomic E-state index is 12.3. The van der Waals surface area contributed by atoms with Crippen molar-refractivity contribution in [3.05, 3.63) is 59.7 Å². The molecule has 0 aliphatic rings. The molecule has 25 heavy (non-hydrogen) atoms. The first-order chi connectivity index (χ1) is 11.9. The number of aryl methyl sites for hydroxylation is 2. The quantitative estimate of drug-likeness (QED) is 0.721. The minimum Gasteiger partial charge on any atom is -0.525 e. The third-order valence-electron chi connectivity index (χ3n) is 4.00. The van der Waals surface area contributed by atoms with E-state index in [0.717, 1.165) is 22.1 Å². The van der Waals surface area contributed by atoms with E-state index >= 15 is 0 Å². The van der Waals surface area contributed by atoms with E-state index in [2.05, 4.69) is 0 Å². The van der Waals surface area contributed by atoms with Crippen molar-refractivity contribution in [3.63, 3.8) is 0 Å². The standard InChI is InChI=1S/C19H23BN2O3/c1-13-3-7-15(8-4-13)20(16-9-5-14(2)6-10-16)25-19(24)17(21)11-12-18(22)23/h3-10,17H,11-12,21H2,1-2H3,(H2,22,23). The summed E-state index contributed by atoms with van der Waals surface area (Å²) in [6.45, 7) is 3.45. The molecule has 1 unspecified atom stereocenters. The van der Waals surface area contributed by atoms with Crippen LogP contribution in [0.2, 0.25) is 0 Å². The Morgan fingerprint density at radius 2 is 1.40 bits per heavy atom. The predicted molar refractivity (Wildman–Crippen MR) is 99.9 cm³/mol. The largest absolute Gasteiger partial charge is 0.525 e. The van der Waals surface area contributed by atoms with E-state index in [1.165, 1.54) is 0 Å². The Morgan fingerprint density at radius 3 is 1.80 bits per heavy atom. The van der Waals surface area contributed by atoms with Crippen molar-refractivity contribution in [1.82, 2.24) is 0 Å². The van der Waals surface area contributed by atoms with Crippen LogP contribution in [0.4, 0.5) is 0 Å². The number of amides is 1. The molecule has 0 aliphatic heterocycles. The molecule has 0 spiro atoms. The van der Waals surface area contributed by atoms with Gasteiger partial charge >= 0.3 is 12.9 Å². The van der Waals surface area contributed by atoms with Gasteiger partial charge in [0.05, 0.1) is 0 Å². The van der Waals surface area contributed by atoms with Crippen molar-refractivity contribution < 1.29 is 14.2 Å². The smallest absolute Gasteiger partial charge is 0.429 e. The molecule has 6 heteroatoms. The molecule has 5 nitrogen and oxygen atoms in total. The van der Waals surface area contributed by atoms with E-state index in [1.807, 2.05) is 62.4 Å². The first-order valence-corrected chi connectivity index (χ1v) is 8.24. The monoisotopic (exact) mass is 338 g/mol. The molecule has 0 aliphatic carbocycles. The Balaban J connectivity index is 2.22. The van der Waals surface area contributed by atoms with Gasteiger partial charge in [0.1, 0.15) is 6.04 Å². The fourth-order valence-corrected chi connectivity index (χ4v) is 2.43. The SMILES string of the molecule is Cc1ccc(B(OC(=O)C(N)CCC(N)=O)c2ccc(C)cc2)cc1. The van der Waals surface area contributed by atoms with Crippen molar-refractivity contribution in [2.24, 2.45) is 11.5 Å². The lowest BCUT2D eigenvalue weighted by molar-refractivity contribution is -0.136. The molecule has 0 bridgehead atoms. The van der Waals surface area contributed by atoms with Crippen molar-refractivity contribution in [2.45, 2.75) is 32.7 Å². The molecule has 130 valence electrons. The highest BCUT2D eigenvalue weighted by Gasteiger charge is 2.28. The van der Waals surface area contributed by atoms with Crippen molar-refractivity contribution in [1.29, 1.82) is 0 Å². The van der Waals surface area contributed by atoms with Crippen LogP contribution in [-0.2, 0) is 14.2 Å². The molecule has 4 N–H and O–H groups in total.